The van der Waals surface area contributed by atoms with Gasteiger partial charge in [0.1, 0.15) is 6.10 Å². The predicted octanol–water partition coefficient (Wildman–Crippen LogP) is 7.74. The highest BCUT2D eigenvalue weighted by Crippen LogP contribution is 2.42. The zero-order valence-corrected chi connectivity index (χ0v) is 25.6. The van der Waals surface area contributed by atoms with Gasteiger partial charge in [0.25, 0.3) is 0 Å². The van der Waals surface area contributed by atoms with Crippen molar-refractivity contribution in [2.24, 2.45) is 0 Å². The fraction of sp³-hybridized carbons (Fsp3) is 0.966. The topological polar surface area (TPSA) is 85.3 Å². The third-order valence-corrected chi connectivity index (χ3v) is 7.97. The van der Waals surface area contributed by atoms with Gasteiger partial charge in [-0.15, -0.1) is 0 Å². The minimum atomic E-state index is -3.71. The van der Waals surface area contributed by atoms with E-state index in [1.54, 1.807) is 6.92 Å². The van der Waals surface area contributed by atoms with Crippen molar-refractivity contribution in [3.8, 4) is 0 Å². The van der Waals surface area contributed by atoms with Crippen molar-refractivity contribution >= 4 is 13.6 Å². The Bertz CT molecular complexity index is 561. The molecule has 0 aliphatic carbocycles. The van der Waals surface area contributed by atoms with Gasteiger partial charge >= 0.3 is 13.6 Å². The zero-order valence-electron chi connectivity index (χ0n) is 24.7. The van der Waals surface area contributed by atoms with E-state index < -0.39 is 13.7 Å². The average molecular weight is 550 g/mol. The highest BCUT2D eigenvalue weighted by molar-refractivity contribution is 7.52. The first-order valence-corrected chi connectivity index (χ1v) is 16.9. The Morgan fingerprint density at radius 2 is 1.24 bits per heavy atom. The lowest BCUT2D eigenvalue weighted by Gasteiger charge is -2.20. The van der Waals surface area contributed by atoms with Gasteiger partial charge in [0, 0.05) is 13.0 Å². The van der Waals surface area contributed by atoms with Crippen molar-refractivity contribution in [3.05, 3.63) is 0 Å². The Balaban J connectivity index is 3.75. The maximum Gasteiger partial charge on any atom is 0.328 e. The molecule has 0 aliphatic rings. The molecular formula is C29H60NO6P. The van der Waals surface area contributed by atoms with E-state index in [4.69, 9.17) is 14.0 Å². The number of esters is 1. The van der Waals surface area contributed by atoms with Gasteiger partial charge in [0.15, 0.2) is 0 Å². The summed E-state index contributed by atoms with van der Waals surface area (Å²) in [6.07, 6.45) is 21.5. The molecule has 1 N–H and O–H groups in total. The smallest absolute Gasteiger partial charge is 0.328 e. The van der Waals surface area contributed by atoms with Gasteiger partial charge in [-0.05, 0) is 33.5 Å². The van der Waals surface area contributed by atoms with Crippen LogP contribution in [0.1, 0.15) is 129 Å². The molecule has 0 bridgehead atoms. The van der Waals surface area contributed by atoms with Crippen molar-refractivity contribution in [2.75, 3.05) is 46.6 Å². The highest BCUT2D eigenvalue weighted by atomic mass is 31.2. The van der Waals surface area contributed by atoms with Crippen molar-refractivity contribution in [3.63, 3.8) is 0 Å². The summed E-state index contributed by atoms with van der Waals surface area (Å²) in [5.41, 5.74) is 0. The number of carbonyl (C=O) groups excluding carboxylic acids is 1. The van der Waals surface area contributed by atoms with Crippen LogP contribution in [0.5, 0.6) is 0 Å². The monoisotopic (exact) mass is 549 g/mol. The third-order valence-electron chi connectivity index (χ3n) is 6.54. The Labute approximate surface area is 228 Å². The first kappa shape index (κ1) is 36.5. The van der Waals surface area contributed by atoms with Crippen LogP contribution >= 0.6 is 7.60 Å². The first-order chi connectivity index (χ1) is 17.8. The largest absolute Gasteiger partial charge is 0.457 e. The van der Waals surface area contributed by atoms with E-state index in [0.717, 1.165) is 12.8 Å². The second-order valence-electron chi connectivity index (χ2n) is 10.7. The molecule has 0 amide bonds. The van der Waals surface area contributed by atoms with Crippen LogP contribution in [0.4, 0.5) is 0 Å². The third kappa shape index (κ3) is 26.9. The Kier molecular flexibility index (Phi) is 25.5. The van der Waals surface area contributed by atoms with E-state index in [9.17, 15) is 14.3 Å². The normalized spacial score (nSPS) is 14.1. The lowest BCUT2D eigenvalue weighted by Crippen LogP contribution is -2.28. The maximum atomic E-state index is 12.2. The summed E-state index contributed by atoms with van der Waals surface area (Å²) in [7, 11) is 0.127. The van der Waals surface area contributed by atoms with Gasteiger partial charge in [0.05, 0.1) is 19.4 Å². The molecule has 0 saturated carbocycles. The van der Waals surface area contributed by atoms with Gasteiger partial charge < -0.3 is 23.8 Å². The molecule has 0 aliphatic heterocycles. The van der Waals surface area contributed by atoms with Crippen LogP contribution in [-0.2, 0) is 23.4 Å². The second-order valence-corrected chi connectivity index (χ2v) is 12.6. The summed E-state index contributed by atoms with van der Waals surface area (Å²) in [4.78, 5) is 23.7. The fourth-order valence-electron chi connectivity index (χ4n) is 4.20. The van der Waals surface area contributed by atoms with E-state index in [2.05, 4.69) is 6.92 Å². The number of ether oxygens (including phenoxy) is 2. The Hall–Kier alpha value is -0.460. The van der Waals surface area contributed by atoms with Crippen LogP contribution in [0, 0.1) is 0 Å². The number of hydrogen-bond acceptors (Lipinski definition) is 6. The minimum Gasteiger partial charge on any atom is -0.457 e. The van der Waals surface area contributed by atoms with Crippen molar-refractivity contribution < 1.29 is 28.3 Å². The summed E-state index contributed by atoms with van der Waals surface area (Å²) < 4.78 is 28.5. The molecule has 7 nitrogen and oxygen atoms in total. The van der Waals surface area contributed by atoms with Gasteiger partial charge in [-0.25, -0.2) is 0 Å². The lowest BCUT2D eigenvalue weighted by atomic mass is 10.0. The molecule has 0 spiro atoms. The van der Waals surface area contributed by atoms with Crippen molar-refractivity contribution in [1.82, 2.24) is 4.90 Å². The quantitative estimate of drug-likeness (QED) is 0.0607. The lowest BCUT2D eigenvalue weighted by molar-refractivity contribution is -0.153. The second kappa shape index (κ2) is 25.8. The van der Waals surface area contributed by atoms with Crippen molar-refractivity contribution in [2.45, 2.75) is 136 Å². The van der Waals surface area contributed by atoms with Crippen LogP contribution in [0.25, 0.3) is 0 Å². The molecule has 222 valence electrons. The standard InChI is InChI=1S/C29H60NO6P/c1-5-7-8-9-10-11-12-13-14-15-16-17-18-19-20-21-24-34-26-28(36-29(31)6-2)27-35-37(32,33)25-22-23-30(3)4/h28H,5-27H2,1-4H3,(H,32,33). The van der Waals surface area contributed by atoms with Crippen LogP contribution in [-0.4, -0.2) is 68.5 Å². The molecule has 0 aromatic carbocycles. The fourth-order valence-corrected chi connectivity index (χ4v) is 5.27. The highest BCUT2D eigenvalue weighted by Gasteiger charge is 2.23. The molecular weight excluding hydrogens is 489 g/mol. The SMILES string of the molecule is CCCCCCCCCCCCCCCCCCOCC(COP(=O)(O)CCCN(C)C)OC(=O)CC. The molecule has 0 aromatic rings. The number of hydrogen-bond donors (Lipinski definition) is 1. The minimum absolute atomic E-state index is 0.0830. The first-order valence-electron chi connectivity index (χ1n) is 15.2. The number of rotatable bonds is 28. The predicted molar refractivity (Wildman–Crippen MR) is 154 cm³/mol. The molecule has 0 radical (unpaired) electrons. The molecule has 0 heterocycles. The summed E-state index contributed by atoms with van der Waals surface area (Å²) in [5, 5.41) is 0. The Morgan fingerprint density at radius 1 is 0.757 bits per heavy atom. The van der Waals surface area contributed by atoms with E-state index in [1.807, 2.05) is 19.0 Å². The number of unbranched alkanes of at least 4 members (excludes halogenated alkanes) is 15. The van der Waals surface area contributed by atoms with Crippen LogP contribution < -0.4 is 0 Å². The molecule has 0 aromatic heterocycles. The Morgan fingerprint density at radius 3 is 1.70 bits per heavy atom. The molecule has 2 atom stereocenters. The number of nitrogens with zero attached hydrogens (tertiary/aromatic N) is 1. The van der Waals surface area contributed by atoms with Crippen LogP contribution in [0.3, 0.4) is 0 Å². The summed E-state index contributed by atoms with van der Waals surface area (Å²) >= 11 is 0. The molecule has 37 heavy (non-hydrogen) atoms. The van der Waals surface area contributed by atoms with Crippen molar-refractivity contribution in [1.29, 1.82) is 0 Å². The molecule has 8 heteroatoms. The van der Waals surface area contributed by atoms with E-state index >= 15 is 0 Å². The van der Waals surface area contributed by atoms with Gasteiger partial charge in [-0.3, -0.25) is 9.36 Å². The summed E-state index contributed by atoms with van der Waals surface area (Å²) in [6, 6.07) is 0. The summed E-state index contributed by atoms with van der Waals surface area (Å²) in [6.45, 7) is 5.36. The van der Waals surface area contributed by atoms with Gasteiger partial charge in [-0.1, -0.05) is 110 Å². The molecule has 2 unspecified atom stereocenters. The molecule has 0 fully saturated rings. The van der Waals surface area contributed by atoms with Crippen LogP contribution in [0.15, 0.2) is 0 Å². The average Bonchev–Trinajstić information content (AvgIpc) is 2.85. The van der Waals surface area contributed by atoms with E-state index in [0.29, 0.717) is 19.6 Å². The summed E-state index contributed by atoms with van der Waals surface area (Å²) in [5.74, 6) is -0.361. The number of carbonyl (C=O) groups is 1. The zero-order chi connectivity index (χ0) is 27.6. The maximum absolute atomic E-state index is 12.2. The van der Waals surface area contributed by atoms with Crippen LogP contribution in [0.2, 0.25) is 0 Å². The van der Waals surface area contributed by atoms with Gasteiger partial charge in [-0.2, -0.15) is 0 Å². The van der Waals surface area contributed by atoms with E-state index in [-0.39, 0.29) is 31.8 Å². The molecule has 0 rings (SSSR count). The van der Waals surface area contributed by atoms with E-state index in [1.165, 1.54) is 89.9 Å². The van der Waals surface area contributed by atoms with Gasteiger partial charge in [0.2, 0.25) is 0 Å². The molecule has 0 saturated heterocycles.